The Labute approximate surface area is 209 Å². The fraction of sp³-hybridized carbons (Fsp3) is 0.207. The highest BCUT2D eigenvalue weighted by molar-refractivity contribution is 6.05. The first-order chi connectivity index (χ1) is 17.4. The third-order valence-electron chi connectivity index (χ3n) is 6.37. The average Bonchev–Trinajstić information content (AvgIpc) is 3.62. The topological polar surface area (TPSA) is 96.3 Å². The molecular weight excluding hydrogens is 452 g/mol. The zero-order valence-corrected chi connectivity index (χ0v) is 20.3. The van der Waals surface area contributed by atoms with Gasteiger partial charge in [0.1, 0.15) is 5.75 Å². The van der Waals surface area contributed by atoms with Crippen LogP contribution in [0.5, 0.6) is 5.75 Å². The normalized spacial score (nSPS) is 12.8. The summed E-state index contributed by atoms with van der Waals surface area (Å²) in [5, 5.41) is 21.0. The first-order valence-corrected chi connectivity index (χ1v) is 12.0. The molecule has 0 atom stereocenters. The molecule has 4 aromatic rings. The minimum atomic E-state index is -0.312. The SMILES string of the molecule is Cc1cccc(CNC(=O)n2nc(-c3cc(NC(=O)c4ccccc4C)ccc3O)cc2C2CC2)c1. The Hall–Kier alpha value is -4.39. The van der Waals surface area contributed by atoms with E-state index in [-0.39, 0.29) is 23.6 Å². The number of amides is 2. The minimum Gasteiger partial charge on any atom is -0.507 e. The van der Waals surface area contributed by atoms with Crippen molar-refractivity contribution in [3.63, 3.8) is 0 Å². The van der Waals surface area contributed by atoms with Gasteiger partial charge in [0.25, 0.3) is 5.91 Å². The van der Waals surface area contributed by atoms with E-state index in [2.05, 4.69) is 15.7 Å². The lowest BCUT2D eigenvalue weighted by molar-refractivity contribution is 0.102. The Balaban J connectivity index is 1.39. The van der Waals surface area contributed by atoms with Crippen LogP contribution in [-0.2, 0) is 6.54 Å². The van der Waals surface area contributed by atoms with Crippen molar-refractivity contribution in [1.29, 1.82) is 0 Å². The van der Waals surface area contributed by atoms with Crippen molar-refractivity contribution >= 4 is 17.6 Å². The van der Waals surface area contributed by atoms with Crippen LogP contribution in [0.2, 0.25) is 0 Å². The lowest BCUT2D eigenvalue weighted by Gasteiger charge is -2.10. The summed E-state index contributed by atoms with van der Waals surface area (Å²) in [6, 6.07) is 21.7. The van der Waals surface area contributed by atoms with E-state index >= 15 is 0 Å². The Morgan fingerprint density at radius 3 is 2.56 bits per heavy atom. The molecule has 2 amide bonds. The van der Waals surface area contributed by atoms with Gasteiger partial charge < -0.3 is 15.7 Å². The highest BCUT2D eigenvalue weighted by atomic mass is 16.3. The first kappa shape index (κ1) is 23.4. The van der Waals surface area contributed by atoms with Crippen LogP contribution in [0.3, 0.4) is 0 Å². The summed E-state index contributed by atoms with van der Waals surface area (Å²) in [6.07, 6.45) is 1.99. The van der Waals surface area contributed by atoms with E-state index in [9.17, 15) is 14.7 Å². The molecule has 7 heteroatoms. The van der Waals surface area contributed by atoms with Crippen molar-refractivity contribution in [3.05, 3.63) is 101 Å². The van der Waals surface area contributed by atoms with Crippen LogP contribution in [0.4, 0.5) is 10.5 Å². The Bertz CT molecular complexity index is 1450. The molecule has 3 aromatic carbocycles. The van der Waals surface area contributed by atoms with Gasteiger partial charge in [-0.1, -0.05) is 48.0 Å². The number of hydrogen-bond donors (Lipinski definition) is 3. The van der Waals surface area contributed by atoms with Gasteiger partial charge in [-0.05, 0) is 68.1 Å². The van der Waals surface area contributed by atoms with E-state index in [1.807, 2.05) is 62.4 Å². The second-order valence-corrected chi connectivity index (χ2v) is 9.29. The number of benzene rings is 3. The molecule has 0 saturated heterocycles. The van der Waals surface area contributed by atoms with Gasteiger partial charge in [0, 0.05) is 29.3 Å². The molecule has 5 rings (SSSR count). The number of aromatic nitrogens is 2. The molecule has 3 N–H and O–H groups in total. The monoisotopic (exact) mass is 480 g/mol. The molecule has 1 fully saturated rings. The van der Waals surface area contributed by atoms with E-state index in [0.29, 0.717) is 29.1 Å². The summed E-state index contributed by atoms with van der Waals surface area (Å²) in [7, 11) is 0. The van der Waals surface area contributed by atoms with E-state index < -0.39 is 0 Å². The summed E-state index contributed by atoms with van der Waals surface area (Å²) in [4.78, 5) is 25.8. The van der Waals surface area contributed by atoms with Gasteiger partial charge in [-0.2, -0.15) is 9.78 Å². The molecule has 0 unspecified atom stereocenters. The van der Waals surface area contributed by atoms with E-state index in [4.69, 9.17) is 0 Å². The van der Waals surface area contributed by atoms with Gasteiger partial charge >= 0.3 is 6.03 Å². The molecule has 1 aliphatic rings. The molecule has 1 heterocycles. The number of nitrogens with zero attached hydrogens (tertiary/aromatic N) is 2. The first-order valence-electron chi connectivity index (χ1n) is 12.0. The summed E-state index contributed by atoms with van der Waals surface area (Å²) in [5.41, 5.74) is 5.88. The molecular formula is C29H28N4O3. The van der Waals surface area contributed by atoms with Crippen LogP contribution in [0.1, 0.15) is 51.5 Å². The zero-order valence-electron chi connectivity index (χ0n) is 20.3. The summed E-state index contributed by atoms with van der Waals surface area (Å²) in [6.45, 7) is 4.29. The van der Waals surface area contributed by atoms with Gasteiger partial charge in [0.2, 0.25) is 0 Å². The minimum absolute atomic E-state index is 0.0241. The molecule has 1 aromatic heterocycles. The maximum absolute atomic E-state index is 13.1. The number of aryl methyl sites for hydroxylation is 2. The number of carbonyl (C=O) groups is 2. The molecule has 1 aliphatic carbocycles. The van der Waals surface area contributed by atoms with Gasteiger partial charge in [-0.25, -0.2) is 4.79 Å². The van der Waals surface area contributed by atoms with Crippen LogP contribution in [0.15, 0.2) is 72.8 Å². The quantitative estimate of drug-likeness (QED) is 0.306. The van der Waals surface area contributed by atoms with Gasteiger partial charge in [-0.15, -0.1) is 0 Å². The fourth-order valence-corrected chi connectivity index (χ4v) is 4.28. The molecule has 1 saturated carbocycles. The number of phenolic OH excluding ortho intramolecular Hbond substituents is 1. The van der Waals surface area contributed by atoms with Crippen LogP contribution < -0.4 is 10.6 Å². The number of nitrogens with one attached hydrogen (secondary N) is 2. The third kappa shape index (κ3) is 5.00. The summed E-state index contributed by atoms with van der Waals surface area (Å²) < 4.78 is 1.40. The predicted octanol–water partition coefficient (Wildman–Crippen LogP) is 5.76. The number of aromatic hydroxyl groups is 1. The van der Waals surface area contributed by atoms with Crippen molar-refractivity contribution < 1.29 is 14.7 Å². The number of rotatable bonds is 6. The Morgan fingerprint density at radius 1 is 1.00 bits per heavy atom. The zero-order chi connectivity index (χ0) is 25.2. The number of anilines is 1. The van der Waals surface area contributed by atoms with Gasteiger partial charge in [0.05, 0.1) is 11.4 Å². The second-order valence-electron chi connectivity index (χ2n) is 9.29. The molecule has 0 aliphatic heterocycles. The molecule has 36 heavy (non-hydrogen) atoms. The Morgan fingerprint density at radius 2 is 1.81 bits per heavy atom. The van der Waals surface area contributed by atoms with E-state index in [0.717, 1.165) is 35.2 Å². The summed E-state index contributed by atoms with van der Waals surface area (Å²) in [5.74, 6) is 0.0579. The number of hydrogen-bond acceptors (Lipinski definition) is 4. The molecule has 0 radical (unpaired) electrons. The molecule has 0 spiro atoms. The average molecular weight is 481 g/mol. The maximum atomic E-state index is 13.1. The fourth-order valence-electron chi connectivity index (χ4n) is 4.28. The molecule has 7 nitrogen and oxygen atoms in total. The maximum Gasteiger partial charge on any atom is 0.342 e. The second kappa shape index (κ2) is 9.70. The molecule has 182 valence electrons. The van der Waals surface area contributed by atoms with Crippen molar-refractivity contribution in [2.24, 2.45) is 0 Å². The van der Waals surface area contributed by atoms with Crippen LogP contribution in [-0.4, -0.2) is 26.8 Å². The van der Waals surface area contributed by atoms with Crippen molar-refractivity contribution in [3.8, 4) is 17.0 Å². The van der Waals surface area contributed by atoms with Crippen molar-refractivity contribution in [2.45, 2.75) is 39.2 Å². The predicted molar refractivity (Wildman–Crippen MR) is 139 cm³/mol. The standard InChI is InChI=1S/C29H28N4O3/c1-18-6-5-8-20(14-18)17-30-29(36)33-26(21-10-11-21)16-25(32-33)24-15-22(12-13-27(24)34)31-28(35)23-9-4-3-7-19(23)2/h3-9,12-16,21,34H,10-11,17H2,1-2H3,(H,30,36)(H,31,35). The smallest absolute Gasteiger partial charge is 0.342 e. The van der Waals surface area contributed by atoms with Crippen molar-refractivity contribution in [1.82, 2.24) is 15.1 Å². The third-order valence-corrected chi connectivity index (χ3v) is 6.37. The van der Waals surface area contributed by atoms with Gasteiger partial charge in [-0.3, -0.25) is 4.79 Å². The largest absolute Gasteiger partial charge is 0.507 e. The lowest BCUT2D eigenvalue weighted by Crippen LogP contribution is -2.30. The molecule has 0 bridgehead atoms. The Kier molecular flexibility index (Phi) is 6.29. The van der Waals surface area contributed by atoms with Crippen LogP contribution >= 0.6 is 0 Å². The van der Waals surface area contributed by atoms with E-state index in [1.165, 1.54) is 10.7 Å². The van der Waals surface area contributed by atoms with Crippen molar-refractivity contribution in [2.75, 3.05) is 5.32 Å². The van der Waals surface area contributed by atoms with E-state index in [1.54, 1.807) is 18.2 Å². The number of phenols is 1. The lowest BCUT2D eigenvalue weighted by atomic mass is 10.1. The number of carbonyl (C=O) groups excluding carboxylic acids is 2. The highest BCUT2D eigenvalue weighted by Crippen LogP contribution is 2.42. The van der Waals surface area contributed by atoms with Crippen LogP contribution in [0.25, 0.3) is 11.3 Å². The summed E-state index contributed by atoms with van der Waals surface area (Å²) >= 11 is 0. The van der Waals surface area contributed by atoms with Gasteiger partial charge in [0.15, 0.2) is 0 Å². The highest BCUT2D eigenvalue weighted by Gasteiger charge is 2.31. The van der Waals surface area contributed by atoms with Crippen LogP contribution in [0, 0.1) is 13.8 Å².